The van der Waals surface area contributed by atoms with E-state index in [0.29, 0.717) is 47.4 Å². The number of halogens is 2. The van der Waals surface area contributed by atoms with Crippen molar-refractivity contribution in [1.82, 2.24) is 4.57 Å². The van der Waals surface area contributed by atoms with Crippen LogP contribution in [0.25, 0.3) is 0 Å². The number of hydrogen-bond acceptors (Lipinski definition) is 3. The fourth-order valence-electron chi connectivity index (χ4n) is 5.02. The number of nitrogens with one attached hydrogen (secondary N) is 1. The molecular formula is C22H21ClFN3O2. The molecule has 1 amide bonds. The highest BCUT2D eigenvalue weighted by Crippen LogP contribution is 2.51. The summed E-state index contributed by atoms with van der Waals surface area (Å²) in [5, 5.41) is 12.5. The van der Waals surface area contributed by atoms with Crippen LogP contribution < -0.4 is 5.32 Å². The lowest BCUT2D eigenvalue weighted by Gasteiger charge is -2.15. The highest BCUT2D eigenvalue weighted by molar-refractivity contribution is 6.31. The molecule has 4 rings (SSSR count). The van der Waals surface area contributed by atoms with E-state index in [2.05, 4.69) is 11.4 Å². The third-order valence-corrected chi connectivity index (χ3v) is 6.75. The number of anilines is 1. The fraction of sp³-hybridized carbons (Fsp3) is 0.409. The van der Waals surface area contributed by atoms with Gasteiger partial charge >= 0.3 is 0 Å². The second-order valence-corrected chi connectivity index (χ2v) is 8.52. The molecular weight excluding hydrogens is 393 g/mol. The SMILES string of the molecule is Cc1c(C#N)c(C2CC3CC(=O)CC3C2)c(C(=O)Nc2ccc(F)c(Cl)c2)n1C. The molecule has 29 heavy (non-hydrogen) atoms. The average Bonchev–Trinajstić information content (AvgIpc) is 3.28. The topological polar surface area (TPSA) is 74.9 Å². The first-order valence-electron chi connectivity index (χ1n) is 9.67. The van der Waals surface area contributed by atoms with E-state index in [9.17, 15) is 19.2 Å². The number of ketones is 1. The number of carbonyl (C=O) groups excluding carboxylic acids is 2. The van der Waals surface area contributed by atoms with Crippen molar-refractivity contribution < 1.29 is 14.0 Å². The van der Waals surface area contributed by atoms with E-state index >= 15 is 0 Å². The standard InChI is InChI=1S/C22H21ClFN3O2/c1-11-17(10-25)20(14-5-12-7-16(28)8-13(12)6-14)21(27(11)2)22(29)26-15-3-4-19(24)18(23)9-15/h3-4,9,12-14H,5-8H2,1-2H3,(H,26,29). The van der Waals surface area contributed by atoms with Crippen LogP contribution in [-0.2, 0) is 11.8 Å². The minimum Gasteiger partial charge on any atom is -0.342 e. The van der Waals surface area contributed by atoms with Gasteiger partial charge in [-0.15, -0.1) is 0 Å². The summed E-state index contributed by atoms with van der Waals surface area (Å²) in [5.74, 6) is 0.152. The number of rotatable bonds is 3. The second-order valence-electron chi connectivity index (χ2n) is 8.11. The van der Waals surface area contributed by atoms with Crippen molar-refractivity contribution in [2.24, 2.45) is 18.9 Å². The molecule has 1 N–H and O–H groups in total. The van der Waals surface area contributed by atoms with Crippen molar-refractivity contribution in [2.45, 2.75) is 38.5 Å². The van der Waals surface area contributed by atoms with E-state index in [1.54, 1.807) is 11.6 Å². The summed E-state index contributed by atoms with van der Waals surface area (Å²) in [6.45, 7) is 1.83. The lowest BCUT2D eigenvalue weighted by atomic mass is 9.90. The monoisotopic (exact) mass is 413 g/mol. The van der Waals surface area contributed by atoms with Crippen molar-refractivity contribution in [1.29, 1.82) is 5.26 Å². The lowest BCUT2D eigenvalue weighted by molar-refractivity contribution is -0.117. The van der Waals surface area contributed by atoms with Gasteiger partial charge in [-0.2, -0.15) is 5.26 Å². The number of amides is 1. The Morgan fingerprint density at radius 3 is 2.55 bits per heavy atom. The van der Waals surface area contributed by atoms with Crippen LogP contribution in [0.4, 0.5) is 10.1 Å². The van der Waals surface area contributed by atoms with Crippen LogP contribution >= 0.6 is 11.6 Å². The Kier molecular flexibility index (Phi) is 4.95. The summed E-state index contributed by atoms with van der Waals surface area (Å²) >= 11 is 5.83. The number of carbonyl (C=O) groups is 2. The summed E-state index contributed by atoms with van der Waals surface area (Å²) in [6, 6.07) is 6.28. The van der Waals surface area contributed by atoms with Gasteiger partial charge in [0.05, 0.1) is 10.6 Å². The van der Waals surface area contributed by atoms with Crippen molar-refractivity contribution in [3.05, 3.63) is 51.6 Å². The Morgan fingerprint density at radius 1 is 1.31 bits per heavy atom. The molecule has 2 fully saturated rings. The van der Waals surface area contributed by atoms with Gasteiger partial charge in [0.1, 0.15) is 23.4 Å². The van der Waals surface area contributed by atoms with Gasteiger partial charge in [0.15, 0.2) is 0 Å². The number of nitrogens with zero attached hydrogens (tertiary/aromatic N) is 2. The smallest absolute Gasteiger partial charge is 0.272 e. The highest BCUT2D eigenvalue weighted by atomic mass is 35.5. The largest absolute Gasteiger partial charge is 0.342 e. The molecule has 0 aliphatic heterocycles. The van der Waals surface area contributed by atoms with Crippen LogP contribution in [0.15, 0.2) is 18.2 Å². The van der Waals surface area contributed by atoms with Crippen molar-refractivity contribution in [2.75, 3.05) is 5.32 Å². The molecule has 2 aromatic rings. The molecule has 150 valence electrons. The van der Waals surface area contributed by atoms with E-state index in [-0.39, 0.29) is 16.8 Å². The maximum absolute atomic E-state index is 13.4. The van der Waals surface area contributed by atoms with E-state index in [0.717, 1.165) is 24.1 Å². The zero-order valence-electron chi connectivity index (χ0n) is 16.3. The van der Waals surface area contributed by atoms with E-state index < -0.39 is 5.82 Å². The molecule has 2 unspecified atom stereocenters. The lowest BCUT2D eigenvalue weighted by Crippen LogP contribution is -2.19. The molecule has 1 aromatic carbocycles. The van der Waals surface area contributed by atoms with Crippen molar-refractivity contribution >= 4 is 29.0 Å². The summed E-state index contributed by atoms with van der Waals surface area (Å²) < 4.78 is 15.2. The van der Waals surface area contributed by atoms with Crippen molar-refractivity contribution in [3.63, 3.8) is 0 Å². The Hall–Kier alpha value is -2.65. The van der Waals surface area contributed by atoms with E-state index in [1.165, 1.54) is 18.2 Å². The Bertz CT molecular complexity index is 1050. The van der Waals surface area contributed by atoms with Crippen molar-refractivity contribution in [3.8, 4) is 6.07 Å². The fourth-order valence-corrected chi connectivity index (χ4v) is 5.20. The molecule has 1 aromatic heterocycles. The van der Waals surface area contributed by atoms with Gasteiger partial charge in [0.2, 0.25) is 0 Å². The minimum atomic E-state index is -0.557. The Labute approximate surface area is 173 Å². The minimum absolute atomic E-state index is 0.0721. The van der Waals surface area contributed by atoms with Crippen LogP contribution in [-0.4, -0.2) is 16.3 Å². The van der Waals surface area contributed by atoms with Gasteiger partial charge in [-0.25, -0.2) is 4.39 Å². The first-order chi connectivity index (χ1) is 13.8. The summed E-state index contributed by atoms with van der Waals surface area (Å²) in [6.07, 6.45) is 2.84. The number of aromatic nitrogens is 1. The van der Waals surface area contributed by atoms with Gasteiger partial charge in [-0.3, -0.25) is 9.59 Å². The molecule has 0 bridgehead atoms. The van der Waals surface area contributed by atoms with Crippen LogP contribution in [0.1, 0.15) is 58.9 Å². The molecule has 5 nitrogen and oxygen atoms in total. The first-order valence-corrected chi connectivity index (χ1v) is 10.0. The summed E-state index contributed by atoms with van der Waals surface area (Å²) in [5.41, 5.74) is 2.86. The predicted octanol–water partition coefficient (Wildman–Crippen LogP) is 4.72. The third-order valence-electron chi connectivity index (χ3n) is 6.46. The quantitative estimate of drug-likeness (QED) is 0.790. The highest BCUT2D eigenvalue weighted by Gasteiger charge is 2.44. The van der Waals surface area contributed by atoms with Gasteiger partial charge in [-0.1, -0.05) is 11.6 Å². The molecule has 0 spiro atoms. The van der Waals surface area contributed by atoms with Crippen LogP contribution in [0.2, 0.25) is 5.02 Å². The van der Waals surface area contributed by atoms with Crippen LogP contribution in [0, 0.1) is 35.9 Å². The van der Waals surface area contributed by atoms with Gasteiger partial charge in [0, 0.05) is 36.8 Å². The van der Waals surface area contributed by atoms with Gasteiger partial charge < -0.3 is 9.88 Å². The van der Waals surface area contributed by atoms with E-state index in [4.69, 9.17) is 11.6 Å². The molecule has 2 atom stereocenters. The average molecular weight is 414 g/mol. The third kappa shape index (κ3) is 3.34. The first kappa shape index (κ1) is 19.7. The number of benzene rings is 1. The van der Waals surface area contributed by atoms with Crippen LogP contribution in [0.5, 0.6) is 0 Å². The number of hydrogen-bond donors (Lipinski definition) is 1. The number of fused-ring (bicyclic) bond motifs is 1. The van der Waals surface area contributed by atoms with Gasteiger partial charge in [-0.05, 0) is 55.7 Å². The molecule has 7 heteroatoms. The van der Waals surface area contributed by atoms with Gasteiger partial charge in [0.25, 0.3) is 5.91 Å². The molecule has 2 saturated carbocycles. The molecule has 1 heterocycles. The molecule has 0 saturated heterocycles. The molecule has 2 aliphatic rings. The Morgan fingerprint density at radius 2 is 1.97 bits per heavy atom. The number of Topliss-reactive ketones (excluding diaryl/α,β-unsaturated/α-hetero) is 1. The normalized spacial score (nSPS) is 23.1. The maximum atomic E-state index is 13.4. The zero-order chi connectivity index (χ0) is 20.9. The summed E-state index contributed by atoms with van der Waals surface area (Å²) in [4.78, 5) is 24.9. The summed E-state index contributed by atoms with van der Waals surface area (Å²) in [7, 11) is 1.77. The maximum Gasteiger partial charge on any atom is 0.272 e. The zero-order valence-corrected chi connectivity index (χ0v) is 17.0. The molecule has 0 radical (unpaired) electrons. The second kappa shape index (κ2) is 7.31. The van der Waals surface area contributed by atoms with E-state index in [1.807, 2.05) is 6.92 Å². The van der Waals surface area contributed by atoms with Crippen LogP contribution in [0.3, 0.4) is 0 Å². The number of nitriles is 1. The Balaban J connectivity index is 1.70. The predicted molar refractivity (Wildman–Crippen MR) is 107 cm³/mol. The molecule has 2 aliphatic carbocycles.